The summed E-state index contributed by atoms with van der Waals surface area (Å²) in [7, 11) is -3.44. The molecule has 1 aliphatic carbocycles. The molecule has 1 saturated carbocycles. The summed E-state index contributed by atoms with van der Waals surface area (Å²) in [6.45, 7) is 10.4. The van der Waals surface area contributed by atoms with Gasteiger partial charge < -0.3 is 19.1 Å². The summed E-state index contributed by atoms with van der Waals surface area (Å²) in [5, 5.41) is 0. The molecular formula is C26H40N2O6S. The van der Waals surface area contributed by atoms with Crippen LogP contribution in [0.5, 0.6) is 5.75 Å². The van der Waals surface area contributed by atoms with Gasteiger partial charge in [0.25, 0.3) is 0 Å². The zero-order valence-electron chi connectivity index (χ0n) is 21.4. The molecule has 35 heavy (non-hydrogen) atoms. The van der Waals surface area contributed by atoms with Gasteiger partial charge in [-0.15, -0.1) is 0 Å². The number of sulfonamides is 1. The molecule has 1 N–H and O–H groups in total. The van der Waals surface area contributed by atoms with Crippen LogP contribution in [-0.2, 0) is 19.5 Å². The Balaban J connectivity index is 1.66. The maximum atomic E-state index is 12.9. The van der Waals surface area contributed by atoms with Crippen LogP contribution in [0.2, 0.25) is 0 Å². The Labute approximate surface area is 210 Å². The predicted molar refractivity (Wildman–Crippen MR) is 136 cm³/mol. The van der Waals surface area contributed by atoms with E-state index in [2.05, 4.69) is 23.4 Å². The molecule has 3 rings (SSSR count). The molecule has 9 heteroatoms. The summed E-state index contributed by atoms with van der Waals surface area (Å²) < 4.78 is 44.3. The van der Waals surface area contributed by atoms with E-state index in [9.17, 15) is 13.2 Å². The summed E-state index contributed by atoms with van der Waals surface area (Å²) in [6.07, 6.45) is 6.59. The van der Waals surface area contributed by atoms with E-state index in [1.165, 1.54) is 5.56 Å². The summed E-state index contributed by atoms with van der Waals surface area (Å²) in [6, 6.07) is 7.30. The number of amides is 1. The van der Waals surface area contributed by atoms with Gasteiger partial charge in [-0.1, -0.05) is 24.8 Å². The molecule has 0 spiro atoms. The van der Waals surface area contributed by atoms with Crippen LogP contribution >= 0.6 is 0 Å². The van der Waals surface area contributed by atoms with Crippen LogP contribution in [0.3, 0.4) is 0 Å². The van der Waals surface area contributed by atoms with Crippen molar-refractivity contribution in [1.29, 1.82) is 0 Å². The van der Waals surface area contributed by atoms with Gasteiger partial charge in [0.15, 0.2) is 0 Å². The number of carbonyl (C=O) groups is 1. The van der Waals surface area contributed by atoms with Crippen LogP contribution in [-0.4, -0.2) is 69.2 Å². The van der Waals surface area contributed by atoms with Crippen LogP contribution in [0, 0.1) is 0 Å². The first-order valence-electron chi connectivity index (χ1n) is 12.4. The number of nitrogens with one attached hydrogen (secondary N) is 1. The maximum Gasteiger partial charge on any atom is 0.410 e. The zero-order chi connectivity index (χ0) is 25.6. The van der Waals surface area contributed by atoms with Gasteiger partial charge >= 0.3 is 6.09 Å². The molecule has 1 saturated heterocycles. The molecule has 2 aliphatic rings. The highest BCUT2D eigenvalue weighted by Crippen LogP contribution is 2.37. The number of nitrogens with zero attached hydrogens (tertiary/aromatic N) is 1. The first kappa shape index (κ1) is 27.5. The average molecular weight is 509 g/mol. The number of likely N-dealkylation sites (tertiary alicyclic amines) is 1. The van der Waals surface area contributed by atoms with E-state index in [0.717, 1.165) is 31.3 Å². The van der Waals surface area contributed by atoms with Gasteiger partial charge in [0.05, 0.1) is 25.0 Å². The fourth-order valence-corrected chi connectivity index (χ4v) is 5.69. The molecule has 0 radical (unpaired) electrons. The standard InChI is InChI=1S/C26H40N2O6S/c1-6-15-32-21-10-7-9-19(16-21)20-12-13-22(17-20)33-18-24-23(27-35(5,30)31)11-8-14-28(24)25(29)34-26(2,3)4/h6-7,9-10,16,20,22-24,27H,1,8,11-15,17-18H2,2-5H3. The van der Waals surface area contributed by atoms with Crippen molar-refractivity contribution < 1.29 is 27.4 Å². The fraction of sp³-hybridized carbons (Fsp3) is 0.654. The molecular weight excluding hydrogens is 468 g/mol. The van der Waals surface area contributed by atoms with E-state index < -0.39 is 33.8 Å². The minimum Gasteiger partial charge on any atom is -0.490 e. The van der Waals surface area contributed by atoms with E-state index in [0.29, 0.717) is 31.9 Å². The Morgan fingerprint density at radius 1 is 1.26 bits per heavy atom. The normalized spacial score (nSPS) is 25.3. The average Bonchev–Trinajstić information content (AvgIpc) is 3.24. The van der Waals surface area contributed by atoms with Crippen LogP contribution in [0.25, 0.3) is 0 Å². The van der Waals surface area contributed by atoms with Crippen molar-refractivity contribution in [3.05, 3.63) is 42.5 Å². The third kappa shape index (κ3) is 8.51. The molecule has 1 aromatic rings. The number of piperidine rings is 1. The fourth-order valence-electron chi connectivity index (χ4n) is 4.87. The molecule has 0 bridgehead atoms. The van der Waals surface area contributed by atoms with Crippen molar-refractivity contribution in [1.82, 2.24) is 9.62 Å². The molecule has 1 aliphatic heterocycles. The zero-order valence-corrected chi connectivity index (χ0v) is 22.2. The summed E-state index contributed by atoms with van der Waals surface area (Å²) in [4.78, 5) is 14.6. The van der Waals surface area contributed by atoms with E-state index in [4.69, 9.17) is 14.2 Å². The number of carbonyl (C=O) groups excluding carboxylic acids is 1. The lowest BCUT2D eigenvalue weighted by Crippen LogP contribution is -2.59. The van der Waals surface area contributed by atoms with Crippen molar-refractivity contribution in [2.45, 2.75) is 82.6 Å². The van der Waals surface area contributed by atoms with Crippen LogP contribution in [0.4, 0.5) is 4.79 Å². The lowest BCUT2D eigenvalue weighted by molar-refractivity contribution is -0.0292. The van der Waals surface area contributed by atoms with E-state index in [1.807, 2.05) is 32.9 Å². The second-order valence-corrected chi connectivity index (χ2v) is 12.3. The van der Waals surface area contributed by atoms with Crippen molar-refractivity contribution in [2.24, 2.45) is 0 Å². The Kier molecular flexibility index (Phi) is 9.23. The Morgan fingerprint density at radius 2 is 2.03 bits per heavy atom. The van der Waals surface area contributed by atoms with Crippen LogP contribution in [0.1, 0.15) is 64.4 Å². The van der Waals surface area contributed by atoms with Gasteiger partial charge in [-0.25, -0.2) is 17.9 Å². The van der Waals surface area contributed by atoms with Crippen molar-refractivity contribution in [2.75, 3.05) is 26.0 Å². The highest BCUT2D eigenvalue weighted by Gasteiger charge is 2.39. The Morgan fingerprint density at radius 3 is 2.71 bits per heavy atom. The van der Waals surface area contributed by atoms with Gasteiger partial charge in [-0.2, -0.15) is 0 Å². The number of rotatable bonds is 9. The Bertz CT molecular complexity index is 974. The third-order valence-corrected chi connectivity index (χ3v) is 7.09. The molecule has 8 nitrogen and oxygen atoms in total. The summed E-state index contributed by atoms with van der Waals surface area (Å²) in [5.74, 6) is 1.20. The van der Waals surface area contributed by atoms with Crippen molar-refractivity contribution in [3.8, 4) is 5.75 Å². The molecule has 2 fully saturated rings. The quantitative estimate of drug-likeness (QED) is 0.502. The van der Waals surface area contributed by atoms with Crippen molar-refractivity contribution in [3.63, 3.8) is 0 Å². The predicted octanol–water partition coefficient (Wildman–Crippen LogP) is 4.22. The first-order chi connectivity index (χ1) is 16.4. The van der Waals surface area contributed by atoms with E-state index in [-0.39, 0.29) is 12.7 Å². The smallest absolute Gasteiger partial charge is 0.410 e. The molecule has 4 unspecified atom stereocenters. The maximum absolute atomic E-state index is 12.9. The molecule has 1 amide bonds. The highest BCUT2D eigenvalue weighted by atomic mass is 32.2. The number of ether oxygens (including phenoxy) is 3. The van der Waals surface area contributed by atoms with E-state index in [1.54, 1.807) is 11.0 Å². The molecule has 196 valence electrons. The minimum atomic E-state index is -3.44. The second kappa shape index (κ2) is 11.8. The lowest BCUT2D eigenvalue weighted by Gasteiger charge is -2.41. The molecule has 0 aromatic heterocycles. The second-order valence-electron chi connectivity index (χ2n) is 10.5. The third-order valence-electron chi connectivity index (χ3n) is 6.36. The number of benzene rings is 1. The first-order valence-corrected chi connectivity index (χ1v) is 14.3. The van der Waals surface area contributed by atoms with Gasteiger partial charge in [0.2, 0.25) is 10.0 Å². The van der Waals surface area contributed by atoms with Crippen molar-refractivity contribution >= 4 is 16.1 Å². The Hall–Kier alpha value is -2.10. The molecule has 4 atom stereocenters. The topological polar surface area (TPSA) is 94.2 Å². The molecule has 1 heterocycles. The van der Waals surface area contributed by atoms with Gasteiger partial charge in [-0.3, -0.25) is 0 Å². The van der Waals surface area contributed by atoms with Crippen LogP contribution in [0.15, 0.2) is 36.9 Å². The van der Waals surface area contributed by atoms with E-state index >= 15 is 0 Å². The largest absolute Gasteiger partial charge is 0.490 e. The van der Waals surface area contributed by atoms with Gasteiger partial charge in [0.1, 0.15) is 18.0 Å². The van der Waals surface area contributed by atoms with Gasteiger partial charge in [-0.05, 0) is 76.5 Å². The highest BCUT2D eigenvalue weighted by molar-refractivity contribution is 7.88. The number of hydrogen-bond donors (Lipinski definition) is 1. The van der Waals surface area contributed by atoms with Crippen LogP contribution < -0.4 is 9.46 Å². The minimum absolute atomic E-state index is 0.0408. The summed E-state index contributed by atoms with van der Waals surface area (Å²) >= 11 is 0. The van der Waals surface area contributed by atoms with Gasteiger partial charge in [0, 0.05) is 12.6 Å². The summed E-state index contributed by atoms with van der Waals surface area (Å²) in [5.41, 5.74) is 0.588. The lowest BCUT2D eigenvalue weighted by atomic mass is 9.97. The molecule has 1 aromatic carbocycles. The monoisotopic (exact) mass is 508 g/mol. The number of hydrogen-bond acceptors (Lipinski definition) is 6. The SMILES string of the molecule is C=CCOc1cccc(C2CCC(OCC3C(NS(C)(=O)=O)CCCN3C(=O)OC(C)(C)C)C2)c1.